The second-order valence-electron chi connectivity index (χ2n) is 3.92. The summed E-state index contributed by atoms with van der Waals surface area (Å²) in [6.07, 6.45) is 5.81. The molecule has 0 unspecified atom stereocenters. The predicted molar refractivity (Wildman–Crippen MR) is 59.9 cm³/mol. The van der Waals surface area contributed by atoms with E-state index in [0.29, 0.717) is 0 Å². The molecule has 0 aliphatic carbocycles. The van der Waals surface area contributed by atoms with Crippen molar-refractivity contribution >= 4 is 0 Å². The van der Waals surface area contributed by atoms with E-state index in [1.165, 1.54) is 12.8 Å². The highest BCUT2D eigenvalue weighted by atomic mass is 14.9. The first-order valence-corrected chi connectivity index (χ1v) is 5.68. The van der Waals surface area contributed by atoms with Crippen molar-refractivity contribution in [3.05, 3.63) is 0 Å². The highest BCUT2D eigenvalue weighted by Gasteiger charge is 2.18. The molecule has 0 saturated heterocycles. The predicted octanol–water partition coefficient (Wildman–Crippen LogP) is 2.28. The summed E-state index contributed by atoms with van der Waals surface area (Å²) < 4.78 is 0. The van der Waals surface area contributed by atoms with Crippen molar-refractivity contribution in [1.82, 2.24) is 5.32 Å². The average Bonchev–Trinajstić information content (AvgIpc) is 2.17. The van der Waals surface area contributed by atoms with Crippen LogP contribution in [0, 0.1) is 0 Å². The maximum absolute atomic E-state index is 6.17. The van der Waals surface area contributed by atoms with Gasteiger partial charge in [0.05, 0.1) is 0 Å². The lowest BCUT2D eigenvalue weighted by Crippen LogP contribution is -2.41. The van der Waals surface area contributed by atoms with Crippen LogP contribution >= 0.6 is 0 Å². The normalized spacial score (nSPS) is 12.0. The molecular formula is C11H26N2. The fourth-order valence-corrected chi connectivity index (χ4v) is 1.37. The third kappa shape index (κ3) is 6.05. The molecule has 0 bridgehead atoms. The van der Waals surface area contributed by atoms with Crippen LogP contribution in [0.1, 0.15) is 52.9 Å². The lowest BCUT2D eigenvalue weighted by Gasteiger charge is -2.26. The van der Waals surface area contributed by atoms with Crippen LogP contribution in [0.4, 0.5) is 0 Å². The van der Waals surface area contributed by atoms with Crippen molar-refractivity contribution in [1.29, 1.82) is 0 Å². The van der Waals surface area contributed by atoms with Gasteiger partial charge in [0.25, 0.3) is 0 Å². The summed E-state index contributed by atoms with van der Waals surface area (Å²) in [5, 5.41) is 3.43. The number of hydrogen-bond donors (Lipinski definition) is 2. The zero-order chi connectivity index (χ0) is 10.2. The molecule has 0 aromatic carbocycles. The number of rotatable bonds is 8. The number of nitrogens with one attached hydrogen (secondary N) is 1. The SMILES string of the molecule is CCCCNCCC(N)(CC)CC. The standard InChI is InChI=1S/C11H26N2/c1-4-7-9-13-10-8-11(12,5-2)6-3/h13H,4-10,12H2,1-3H3. The molecule has 0 spiro atoms. The smallest absolute Gasteiger partial charge is 0.0161 e. The highest BCUT2D eigenvalue weighted by molar-refractivity contribution is 4.81. The Hall–Kier alpha value is -0.0800. The van der Waals surface area contributed by atoms with Gasteiger partial charge in [-0.25, -0.2) is 0 Å². The third-order valence-corrected chi connectivity index (χ3v) is 2.92. The van der Waals surface area contributed by atoms with Gasteiger partial charge in [0.1, 0.15) is 0 Å². The fraction of sp³-hybridized carbons (Fsp3) is 1.00. The van der Waals surface area contributed by atoms with Crippen molar-refractivity contribution in [2.75, 3.05) is 13.1 Å². The van der Waals surface area contributed by atoms with E-state index in [4.69, 9.17) is 5.73 Å². The van der Waals surface area contributed by atoms with Crippen molar-refractivity contribution in [3.63, 3.8) is 0 Å². The van der Waals surface area contributed by atoms with E-state index in [9.17, 15) is 0 Å². The van der Waals surface area contributed by atoms with Crippen molar-refractivity contribution in [2.24, 2.45) is 5.73 Å². The van der Waals surface area contributed by atoms with Crippen molar-refractivity contribution < 1.29 is 0 Å². The van der Waals surface area contributed by atoms with Gasteiger partial charge in [-0.05, 0) is 38.8 Å². The van der Waals surface area contributed by atoms with E-state index in [2.05, 4.69) is 26.1 Å². The van der Waals surface area contributed by atoms with Gasteiger partial charge >= 0.3 is 0 Å². The molecule has 0 aliphatic heterocycles. The summed E-state index contributed by atoms with van der Waals surface area (Å²) in [5.41, 5.74) is 6.24. The molecule has 0 aromatic heterocycles. The first kappa shape index (κ1) is 12.9. The van der Waals surface area contributed by atoms with Gasteiger partial charge in [0.2, 0.25) is 0 Å². The van der Waals surface area contributed by atoms with Crippen LogP contribution in [-0.4, -0.2) is 18.6 Å². The third-order valence-electron chi connectivity index (χ3n) is 2.92. The zero-order valence-electron chi connectivity index (χ0n) is 9.53. The largest absolute Gasteiger partial charge is 0.325 e. The molecule has 0 rings (SSSR count). The average molecular weight is 186 g/mol. The monoisotopic (exact) mass is 186 g/mol. The van der Waals surface area contributed by atoms with Gasteiger partial charge in [-0.1, -0.05) is 27.2 Å². The van der Waals surface area contributed by atoms with Gasteiger partial charge in [0.15, 0.2) is 0 Å². The first-order chi connectivity index (χ1) is 6.18. The maximum atomic E-state index is 6.17. The molecule has 0 amide bonds. The van der Waals surface area contributed by atoms with Gasteiger partial charge < -0.3 is 11.1 Å². The lowest BCUT2D eigenvalue weighted by atomic mass is 9.90. The molecule has 13 heavy (non-hydrogen) atoms. The molecule has 0 atom stereocenters. The molecule has 0 fully saturated rings. The maximum Gasteiger partial charge on any atom is 0.0161 e. The minimum atomic E-state index is 0.0687. The molecule has 80 valence electrons. The molecule has 0 aliphatic rings. The van der Waals surface area contributed by atoms with E-state index < -0.39 is 0 Å². The van der Waals surface area contributed by atoms with Crippen LogP contribution < -0.4 is 11.1 Å². The minimum absolute atomic E-state index is 0.0687. The summed E-state index contributed by atoms with van der Waals surface area (Å²) in [6, 6.07) is 0. The molecule has 3 N–H and O–H groups in total. The van der Waals surface area contributed by atoms with E-state index in [1.807, 2.05) is 0 Å². The second kappa shape index (κ2) is 7.34. The van der Waals surface area contributed by atoms with Gasteiger partial charge in [-0.3, -0.25) is 0 Å². The molecule has 2 nitrogen and oxygen atoms in total. The Balaban J connectivity index is 3.39. The van der Waals surface area contributed by atoms with E-state index >= 15 is 0 Å². The Morgan fingerprint density at radius 1 is 1.08 bits per heavy atom. The number of hydrogen-bond acceptors (Lipinski definition) is 2. The van der Waals surface area contributed by atoms with Crippen LogP contribution in [0.3, 0.4) is 0 Å². The molecule has 0 radical (unpaired) electrons. The summed E-state index contributed by atoms with van der Waals surface area (Å²) >= 11 is 0. The lowest BCUT2D eigenvalue weighted by molar-refractivity contribution is 0.358. The van der Waals surface area contributed by atoms with Gasteiger partial charge in [-0.2, -0.15) is 0 Å². The quantitative estimate of drug-likeness (QED) is 0.571. The van der Waals surface area contributed by atoms with Crippen LogP contribution in [0.2, 0.25) is 0 Å². The molecule has 2 heteroatoms. The Labute approximate surface area is 83.3 Å². The summed E-state index contributed by atoms with van der Waals surface area (Å²) in [4.78, 5) is 0. The summed E-state index contributed by atoms with van der Waals surface area (Å²) in [6.45, 7) is 8.77. The zero-order valence-corrected chi connectivity index (χ0v) is 9.53. The minimum Gasteiger partial charge on any atom is -0.325 e. The number of unbranched alkanes of at least 4 members (excludes halogenated alkanes) is 1. The molecule has 0 heterocycles. The Morgan fingerprint density at radius 2 is 1.69 bits per heavy atom. The van der Waals surface area contributed by atoms with Crippen LogP contribution in [0.25, 0.3) is 0 Å². The first-order valence-electron chi connectivity index (χ1n) is 5.68. The topological polar surface area (TPSA) is 38.0 Å². The van der Waals surface area contributed by atoms with E-state index in [-0.39, 0.29) is 5.54 Å². The summed E-state index contributed by atoms with van der Waals surface area (Å²) in [7, 11) is 0. The Morgan fingerprint density at radius 3 is 2.15 bits per heavy atom. The Kier molecular flexibility index (Phi) is 7.29. The molecular weight excluding hydrogens is 160 g/mol. The fourth-order valence-electron chi connectivity index (χ4n) is 1.37. The molecule has 0 aromatic rings. The van der Waals surface area contributed by atoms with Gasteiger partial charge in [-0.15, -0.1) is 0 Å². The Bertz CT molecular complexity index is 109. The summed E-state index contributed by atoms with van der Waals surface area (Å²) in [5.74, 6) is 0. The van der Waals surface area contributed by atoms with Crippen molar-refractivity contribution in [3.8, 4) is 0 Å². The highest BCUT2D eigenvalue weighted by Crippen LogP contribution is 2.14. The number of nitrogens with two attached hydrogens (primary N) is 1. The van der Waals surface area contributed by atoms with Crippen LogP contribution in [0.15, 0.2) is 0 Å². The second-order valence-corrected chi connectivity index (χ2v) is 3.92. The van der Waals surface area contributed by atoms with E-state index in [1.54, 1.807) is 0 Å². The van der Waals surface area contributed by atoms with Crippen LogP contribution in [0.5, 0.6) is 0 Å². The van der Waals surface area contributed by atoms with Crippen molar-refractivity contribution in [2.45, 2.75) is 58.4 Å². The van der Waals surface area contributed by atoms with E-state index in [0.717, 1.165) is 32.4 Å². The van der Waals surface area contributed by atoms with Crippen LogP contribution in [-0.2, 0) is 0 Å². The molecule has 0 saturated carbocycles. The van der Waals surface area contributed by atoms with Gasteiger partial charge in [0, 0.05) is 5.54 Å².